The highest BCUT2D eigenvalue weighted by molar-refractivity contribution is 9.10. The van der Waals surface area contributed by atoms with Crippen molar-refractivity contribution in [3.8, 4) is 11.5 Å². The number of morpholine rings is 1. The fraction of sp³-hybridized carbons (Fsp3) is 0.390. The molecule has 0 saturated carbocycles. The second-order valence-corrected chi connectivity index (χ2v) is 19.9. The van der Waals surface area contributed by atoms with Crippen LogP contribution in [0.4, 0.5) is 10.6 Å². The molecule has 1 aliphatic heterocycles. The van der Waals surface area contributed by atoms with Crippen molar-refractivity contribution < 1.29 is 28.5 Å². The molecule has 3 heterocycles. The number of amides is 1. The third-order valence-electron chi connectivity index (χ3n) is 10.2. The van der Waals surface area contributed by atoms with E-state index >= 15 is 0 Å². The molecular formula is C41H50BrN5O6Si. The van der Waals surface area contributed by atoms with Crippen molar-refractivity contribution in [1.29, 1.82) is 0 Å². The average Bonchev–Trinajstić information content (AvgIpc) is 3.52. The summed E-state index contributed by atoms with van der Waals surface area (Å²) in [6.07, 6.45) is 3.85. The first-order valence-corrected chi connectivity index (χ1v) is 20.9. The van der Waals surface area contributed by atoms with E-state index in [1.165, 1.54) is 0 Å². The van der Waals surface area contributed by atoms with Crippen molar-refractivity contribution in [2.75, 3.05) is 32.7 Å². The van der Waals surface area contributed by atoms with E-state index in [1.807, 2.05) is 110 Å². The number of rotatable bonds is 12. The van der Waals surface area contributed by atoms with Gasteiger partial charge in [0.1, 0.15) is 39.1 Å². The van der Waals surface area contributed by atoms with Crippen LogP contribution in [0.15, 0.2) is 95.9 Å². The molecule has 54 heavy (non-hydrogen) atoms. The molecule has 0 bridgehead atoms. The Morgan fingerprint density at radius 3 is 2.28 bits per heavy atom. The normalized spacial score (nSPS) is 16.6. The third-order valence-corrected chi connectivity index (χ3v) is 15.3. The van der Waals surface area contributed by atoms with Gasteiger partial charge < -0.3 is 29.1 Å². The maximum absolute atomic E-state index is 13.9. The number of hydrogen-bond donors (Lipinski definition) is 2. The zero-order valence-corrected chi connectivity index (χ0v) is 34.6. The summed E-state index contributed by atoms with van der Waals surface area (Å²) in [6.45, 7) is 10.8. The summed E-state index contributed by atoms with van der Waals surface area (Å²) in [7, 11) is -0.00685. The number of carbonyl (C=O) groups excluding carboxylic acids is 1. The predicted molar refractivity (Wildman–Crippen MR) is 216 cm³/mol. The number of benzene rings is 3. The molecule has 5 aromatic rings. The summed E-state index contributed by atoms with van der Waals surface area (Å²) in [6, 6.07) is 25.4. The van der Waals surface area contributed by atoms with Gasteiger partial charge in [-0.05, 0) is 77.1 Å². The van der Waals surface area contributed by atoms with Gasteiger partial charge in [0.25, 0.3) is 8.32 Å². The van der Waals surface area contributed by atoms with Crippen LogP contribution < -0.4 is 25.2 Å². The van der Waals surface area contributed by atoms with Gasteiger partial charge in [-0.2, -0.15) is 0 Å². The summed E-state index contributed by atoms with van der Waals surface area (Å²) in [5, 5.41) is 4.84. The van der Waals surface area contributed by atoms with E-state index in [1.54, 1.807) is 25.3 Å². The van der Waals surface area contributed by atoms with Crippen LogP contribution in [-0.2, 0) is 16.0 Å². The first-order chi connectivity index (χ1) is 25.8. The predicted octanol–water partition coefficient (Wildman–Crippen LogP) is 7.11. The molecule has 1 aliphatic rings. The highest BCUT2D eigenvalue weighted by atomic mass is 79.9. The van der Waals surface area contributed by atoms with Crippen molar-refractivity contribution in [2.24, 2.45) is 0 Å². The number of imidazole rings is 1. The van der Waals surface area contributed by atoms with Crippen LogP contribution >= 0.6 is 15.9 Å². The molecule has 1 fully saturated rings. The largest absolute Gasteiger partial charge is 0.497 e. The molecule has 13 heteroatoms. The minimum Gasteiger partial charge on any atom is -0.497 e. The van der Waals surface area contributed by atoms with E-state index in [2.05, 4.69) is 40.1 Å². The van der Waals surface area contributed by atoms with Crippen LogP contribution in [0, 0.1) is 0 Å². The maximum atomic E-state index is 13.9. The number of hydrogen-bond acceptors (Lipinski definition) is 9. The molecule has 0 spiro atoms. The van der Waals surface area contributed by atoms with Crippen molar-refractivity contribution in [3.63, 3.8) is 0 Å². The number of carbonyl (C=O) groups is 1. The molecule has 6 rings (SSSR count). The van der Waals surface area contributed by atoms with E-state index in [-0.39, 0.29) is 19.2 Å². The van der Waals surface area contributed by atoms with Crippen molar-refractivity contribution in [1.82, 2.24) is 19.3 Å². The van der Waals surface area contributed by atoms with Crippen LogP contribution in [0.25, 0.3) is 5.52 Å². The molecule has 11 nitrogen and oxygen atoms in total. The number of nitrogens with zero attached hydrogens (tertiary/aromatic N) is 4. The lowest BCUT2D eigenvalue weighted by Crippen LogP contribution is -2.65. The Morgan fingerprint density at radius 1 is 1.00 bits per heavy atom. The lowest BCUT2D eigenvalue weighted by Gasteiger charge is -2.44. The Labute approximate surface area is 326 Å². The number of halogens is 1. The standard InChI is InChI=1S/C41H50BrN5O6Si/c1-40(2,3)53-39(48)47-26-34(38-45-36(42)35-37(43-22-23-46(35)38)44-25-28-18-19-30(50-6)24-33(28)51-7)52-27-29(47)20-21-41(4,5)54(49,31-14-10-8-11-15-31)32-16-12-9-13-17-32/h8-19,22-24,29,34,49H,20-21,25-27H2,1-7H3,(H,43,44)/t29-,34+/m0/s1. The number of anilines is 1. The quantitative estimate of drug-likeness (QED) is 0.127. The van der Waals surface area contributed by atoms with E-state index in [4.69, 9.17) is 23.9 Å². The third kappa shape index (κ3) is 8.14. The molecule has 2 atom stereocenters. The fourth-order valence-electron chi connectivity index (χ4n) is 7.21. The maximum Gasteiger partial charge on any atom is 0.410 e. The van der Waals surface area contributed by atoms with Gasteiger partial charge in [0.05, 0.1) is 33.4 Å². The van der Waals surface area contributed by atoms with Crippen LogP contribution in [-0.4, -0.2) is 77.5 Å². The minimum atomic E-state index is -3.26. The molecule has 0 unspecified atom stereocenters. The van der Waals surface area contributed by atoms with Gasteiger partial charge >= 0.3 is 6.09 Å². The highest BCUT2D eigenvalue weighted by Crippen LogP contribution is 2.42. The first kappa shape index (κ1) is 39.3. The van der Waals surface area contributed by atoms with E-state index in [0.717, 1.165) is 21.5 Å². The highest BCUT2D eigenvalue weighted by Gasteiger charge is 2.50. The Kier molecular flexibility index (Phi) is 11.7. The lowest BCUT2D eigenvalue weighted by atomic mass is 10.00. The van der Waals surface area contributed by atoms with Crippen LogP contribution in [0.1, 0.15) is 65.0 Å². The number of nitrogens with one attached hydrogen (secondary N) is 1. The zero-order chi connectivity index (χ0) is 38.7. The SMILES string of the molecule is COc1ccc(CNc2nccn3c([C@H]4CN(C(=O)OC(C)(C)C)[C@@H](CCC(C)(C)[Si](O)(c5ccccc5)c5ccccc5)CO4)nc(Br)c23)c(OC)c1. The lowest BCUT2D eigenvalue weighted by molar-refractivity contribution is -0.0766. The van der Waals surface area contributed by atoms with Gasteiger partial charge in [-0.1, -0.05) is 74.5 Å². The van der Waals surface area contributed by atoms with E-state index < -0.39 is 31.2 Å². The molecule has 2 N–H and O–H groups in total. The topological polar surface area (TPSA) is 120 Å². The Morgan fingerprint density at radius 2 is 1.67 bits per heavy atom. The molecule has 0 aliphatic carbocycles. The van der Waals surface area contributed by atoms with Gasteiger partial charge in [0.2, 0.25) is 0 Å². The minimum absolute atomic E-state index is 0.235. The number of aromatic nitrogens is 3. The second kappa shape index (κ2) is 16.1. The second-order valence-electron chi connectivity index (χ2n) is 15.3. The molecule has 1 saturated heterocycles. The van der Waals surface area contributed by atoms with E-state index in [9.17, 15) is 9.59 Å². The summed E-state index contributed by atoms with van der Waals surface area (Å²) >= 11 is 3.67. The Balaban J connectivity index is 1.25. The van der Waals surface area contributed by atoms with Gasteiger partial charge in [-0.15, -0.1) is 0 Å². The molecular weight excluding hydrogens is 766 g/mol. The number of methoxy groups -OCH3 is 2. The van der Waals surface area contributed by atoms with Gasteiger partial charge in [0, 0.05) is 30.6 Å². The Hall–Kier alpha value is -4.43. The molecule has 1 amide bonds. The summed E-state index contributed by atoms with van der Waals surface area (Å²) < 4.78 is 26.0. The average molecular weight is 817 g/mol. The zero-order valence-electron chi connectivity index (χ0n) is 32.0. The Bertz CT molecular complexity index is 2020. The van der Waals surface area contributed by atoms with Crippen LogP contribution in [0.3, 0.4) is 0 Å². The first-order valence-electron chi connectivity index (χ1n) is 18.2. The molecule has 0 radical (unpaired) electrons. The van der Waals surface area contributed by atoms with Gasteiger partial charge in [-0.25, -0.2) is 14.8 Å². The molecule has 3 aromatic carbocycles. The van der Waals surface area contributed by atoms with Crippen molar-refractivity contribution in [3.05, 3.63) is 107 Å². The molecule has 286 valence electrons. The monoisotopic (exact) mass is 815 g/mol. The van der Waals surface area contributed by atoms with Gasteiger partial charge in [-0.3, -0.25) is 9.30 Å². The molecule has 2 aromatic heterocycles. The van der Waals surface area contributed by atoms with Crippen molar-refractivity contribution in [2.45, 2.75) is 76.8 Å². The number of ether oxygens (including phenoxy) is 4. The van der Waals surface area contributed by atoms with Crippen LogP contribution in [0.2, 0.25) is 5.04 Å². The smallest absolute Gasteiger partial charge is 0.410 e. The number of fused-ring (bicyclic) bond motifs is 1. The summed E-state index contributed by atoms with van der Waals surface area (Å²) in [5.74, 6) is 2.66. The summed E-state index contributed by atoms with van der Waals surface area (Å²) in [5.41, 5.74) is 0.983. The van der Waals surface area contributed by atoms with Gasteiger partial charge in [0.15, 0.2) is 5.82 Å². The fourth-order valence-corrected chi connectivity index (χ4v) is 11.5. The van der Waals surface area contributed by atoms with Crippen LogP contribution in [0.5, 0.6) is 11.5 Å². The van der Waals surface area contributed by atoms with E-state index in [0.29, 0.717) is 47.1 Å². The van der Waals surface area contributed by atoms with Crippen molar-refractivity contribution >= 4 is 52.0 Å². The summed E-state index contributed by atoms with van der Waals surface area (Å²) in [4.78, 5) is 38.0.